The Hall–Kier alpha value is -2.63. The van der Waals surface area contributed by atoms with Crippen LogP contribution < -0.4 is 16.6 Å². The minimum atomic E-state index is -0.518. The van der Waals surface area contributed by atoms with Gasteiger partial charge in [-0.3, -0.25) is 18.7 Å². The van der Waals surface area contributed by atoms with Crippen LogP contribution in [0.2, 0.25) is 0 Å². The number of rotatable bonds is 3. The van der Waals surface area contributed by atoms with Gasteiger partial charge in [-0.25, -0.2) is 4.79 Å². The van der Waals surface area contributed by atoms with E-state index in [2.05, 4.69) is 26.1 Å². The van der Waals surface area contributed by atoms with Crippen molar-refractivity contribution in [3.8, 4) is 0 Å². The van der Waals surface area contributed by atoms with Crippen molar-refractivity contribution in [2.45, 2.75) is 32.7 Å². The third kappa shape index (κ3) is 3.97. The number of anilines is 1. The van der Waals surface area contributed by atoms with E-state index in [0.29, 0.717) is 5.69 Å². The van der Waals surface area contributed by atoms with E-state index in [1.807, 2.05) is 24.3 Å². The zero-order valence-corrected chi connectivity index (χ0v) is 13.8. The lowest BCUT2D eigenvalue weighted by Gasteiger charge is -2.19. The van der Waals surface area contributed by atoms with Gasteiger partial charge in [-0.05, 0) is 23.1 Å². The maximum absolute atomic E-state index is 12.1. The smallest absolute Gasteiger partial charge is 0.325 e. The van der Waals surface area contributed by atoms with Crippen LogP contribution in [0.15, 0.2) is 46.1 Å². The van der Waals surface area contributed by atoms with Gasteiger partial charge in [-0.15, -0.1) is 0 Å². The standard InChI is InChI=1S/C17H21N3O3/c1-17(2,3)12-5-7-13(8-6-12)18-14(21)11-20-10-9-15(22)19(4)16(20)23/h5-10H,11H2,1-4H3,(H,18,21). The predicted octanol–water partition coefficient (Wildman–Crippen LogP) is 1.48. The normalized spacial score (nSPS) is 11.3. The third-order valence-electron chi connectivity index (χ3n) is 3.61. The molecule has 1 aromatic heterocycles. The van der Waals surface area contributed by atoms with Crippen molar-refractivity contribution >= 4 is 11.6 Å². The summed E-state index contributed by atoms with van der Waals surface area (Å²) in [4.78, 5) is 35.3. The number of amides is 1. The van der Waals surface area contributed by atoms with Crippen molar-refractivity contribution in [1.82, 2.24) is 9.13 Å². The maximum Gasteiger partial charge on any atom is 0.331 e. The van der Waals surface area contributed by atoms with E-state index in [0.717, 1.165) is 4.57 Å². The molecule has 122 valence electrons. The van der Waals surface area contributed by atoms with Gasteiger partial charge < -0.3 is 5.32 Å². The minimum Gasteiger partial charge on any atom is -0.325 e. The summed E-state index contributed by atoms with van der Waals surface area (Å²) >= 11 is 0. The lowest BCUT2D eigenvalue weighted by Crippen LogP contribution is -2.38. The summed E-state index contributed by atoms with van der Waals surface area (Å²) in [7, 11) is 1.38. The van der Waals surface area contributed by atoms with Crippen LogP contribution in [-0.4, -0.2) is 15.0 Å². The summed E-state index contributed by atoms with van der Waals surface area (Å²) in [5.41, 5.74) is 0.968. The van der Waals surface area contributed by atoms with E-state index < -0.39 is 11.2 Å². The Kier molecular flexibility index (Phi) is 4.54. The second-order valence-corrected chi connectivity index (χ2v) is 6.50. The molecule has 0 aliphatic heterocycles. The van der Waals surface area contributed by atoms with Crippen molar-refractivity contribution < 1.29 is 4.79 Å². The Morgan fingerprint density at radius 1 is 1.09 bits per heavy atom. The van der Waals surface area contributed by atoms with Crippen LogP contribution >= 0.6 is 0 Å². The zero-order valence-electron chi connectivity index (χ0n) is 13.8. The summed E-state index contributed by atoms with van der Waals surface area (Å²) in [6, 6.07) is 8.86. The monoisotopic (exact) mass is 315 g/mol. The SMILES string of the molecule is Cn1c(=O)ccn(CC(=O)Nc2ccc(C(C)(C)C)cc2)c1=O. The molecule has 1 aromatic carbocycles. The largest absolute Gasteiger partial charge is 0.331 e. The molecule has 0 saturated carbocycles. The van der Waals surface area contributed by atoms with E-state index in [-0.39, 0.29) is 17.9 Å². The van der Waals surface area contributed by atoms with Gasteiger partial charge in [-0.1, -0.05) is 32.9 Å². The quantitative estimate of drug-likeness (QED) is 0.932. The lowest BCUT2D eigenvalue weighted by atomic mass is 9.87. The van der Waals surface area contributed by atoms with E-state index in [1.165, 1.54) is 29.4 Å². The highest BCUT2D eigenvalue weighted by molar-refractivity contribution is 5.90. The van der Waals surface area contributed by atoms with Crippen LogP contribution in [0.25, 0.3) is 0 Å². The van der Waals surface area contributed by atoms with Gasteiger partial charge in [0.1, 0.15) is 6.54 Å². The summed E-state index contributed by atoms with van der Waals surface area (Å²) in [5, 5.41) is 2.74. The fourth-order valence-corrected chi connectivity index (χ4v) is 2.15. The van der Waals surface area contributed by atoms with E-state index in [4.69, 9.17) is 0 Å². The maximum atomic E-state index is 12.1. The molecule has 0 radical (unpaired) electrons. The number of aromatic nitrogens is 2. The second kappa shape index (κ2) is 6.24. The zero-order chi connectivity index (χ0) is 17.2. The van der Waals surface area contributed by atoms with Gasteiger partial charge >= 0.3 is 5.69 Å². The number of hydrogen-bond acceptors (Lipinski definition) is 3. The van der Waals surface area contributed by atoms with Gasteiger partial charge in [0.2, 0.25) is 5.91 Å². The van der Waals surface area contributed by atoms with Gasteiger partial charge in [0.25, 0.3) is 5.56 Å². The summed E-state index contributed by atoms with van der Waals surface area (Å²) < 4.78 is 2.16. The Morgan fingerprint density at radius 3 is 2.26 bits per heavy atom. The highest BCUT2D eigenvalue weighted by Gasteiger charge is 2.13. The first-order valence-electron chi connectivity index (χ1n) is 7.35. The molecule has 23 heavy (non-hydrogen) atoms. The summed E-state index contributed by atoms with van der Waals surface area (Å²) in [6.45, 7) is 6.21. The Morgan fingerprint density at radius 2 is 1.70 bits per heavy atom. The summed E-state index contributed by atoms with van der Waals surface area (Å²) in [6.07, 6.45) is 1.33. The van der Waals surface area contributed by atoms with E-state index in [9.17, 15) is 14.4 Å². The molecule has 1 amide bonds. The predicted molar refractivity (Wildman–Crippen MR) is 89.7 cm³/mol. The third-order valence-corrected chi connectivity index (χ3v) is 3.61. The number of carbonyl (C=O) groups is 1. The molecule has 0 fully saturated rings. The van der Waals surface area contributed by atoms with Gasteiger partial charge in [0.05, 0.1) is 0 Å². The average molecular weight is 315 g/mol. The molecule has 0 aliphatic carbocycles. The molecule has 0 saturated heterocycles. The number of nitrogens with zero attached hydrogens (tertiary/aromatic N) is 2. The molecule has 0 bridgehead atoms. The van der Waals surface area contributed by atoms with Crippen molar-refractivity contribution in [3.05, 3.63) is 62.9 Å². The second-order valence-electron chi connectivity index (χ2n) is 6.50. The van der Waals surface area contributed by atoms with E-state index >= 15 is 0 Å². The average Bonchev–Trinajstić information content (AvgIpc) is 2.47. The number of carbonyl (C=O) groups excluding carboxylic acids is 1. The van der Waals surface area contributed by atoms with Crippen LogP contribution in [-0.2, 0) is 23.8 Å². The van der Waals surface area contributed by atoms with Crippen molar-refractivity contribution in [3.63, 3.8) is 0 Å². The fourth-order valence-electron chi connectivity index (χ4n) is 2.15. The molecule has 2 rings (SSSR count). The molecule has 0 atom stereocenters. The molecule has 1 N–H and O–H groups in total. The molecule has 0 aliphatic rings. The fraction of sp³-hybridized carbons (Fsp3) is 0.353. The number of nitrogens with one attached hydrogen (secondary N) is 1. The molecule has 0 spiro atoms. The highest BCUT2D eigenvalue weighted by atomic mass is 16.2. The molecule has 6 heteroatoms. The van der Waals surface area contributed by atoms with Crippen LogP contribution in [0.5, 0.6) is 0 Å². The lowest BCUT2D eigenvalue weighted by molar-refractivity contribution is -0.116. The van der Waals surface area contributed by atoms with Crippen LogP contribution in [0.1, 0.15) is 26.3 Å². The van der Waals surface area contributed by atoms with Crippen LogP contribution in [0.3, 0.4) is 0 Å². The van der Waals surface area contributed by atoms with Crippen LogP contribution in [0.4, 0.5) is 5.69 Å². The Bertz CT molecular complexity index is 824. The topological polar surface area (TPSA) is 73.1 Å². The molecule has 1 heterocycles. The molecular weight excluding hydrogens is 294 g/mol. The van der Waals surface area contributed by atoms with Crippen molar-refractivity contribution in [2.24, 2.45) is 7.05 Å². The Labute approximate surface area is 134 Å². The summed E-state index contributed by atoms with van der Waals surface area (Å²) in [5.74, 6) is -0.325. The van der Waals surface area contributed by atoms with Crippen LogP contribution in [0, 0.1) is 0 Å². The van der Waals surface area contributed by atoms with Gasteiger partial charge in [-0.2, -0.15) is 0 Å². The van der Waals surface area contributed by atoms with Gasteiger partial charge in [0.15, 0.2) is 0 Å². The number of hydrogen-bond donors (Lipinski definition) is 1. The van der Waals surface area contributed by atoms with Crippen molar-refractivity contribution in [2.75, 3.05) is 5.32 Å². The van der Waals surface area contributed by atoms with Gasteiger partial charge in [0, 0.05) is 25.0 Å². The van der Waals surface area contributed by atoms with E-state index in [1.54, 1.807) is 0 Å². The molecule has 0 unspecified atom stereocenters. The Balaban J connectivity index is 2.10. The molecular formula is C17H21N3O3. The van der Waals surface area contributed by atoms with Crippen molar-refractivity contribution in [1.29, 1.82) is 0 Å². The first-order valence-corrected chi connectivity index (χ1v) is 7.35. The molecule has 6 nitrogen and oxygen atoms in total. The highest BCUT2D eigenvalue weighted by Crippen LogP contribution is 2.23. The first-order chi connectivity index (χ1) is 10.7. The molecule has 2 aromatic rings. The number of benzene rings is 1. The first kappa shape index (κ1) is 16.7. The minimum absolute atomic E-state index is 0.0463.